The number of nitrogens with zero attached hydrogens (tertiary/aromatic N) is 3. The molecule has 0 saturated carbocycles. The molecular weight excluding hydrogens is 663 g/mol. The van der Waals surface area contributed by atoms with Crippen molar-refractivity contribution in [2.24, 2.45) is 0 Å². The van der Waals surface area contributed by atoms with Crippen LogP contribution in [0.25, 0.3) is 11.3 Å². The molecule has 1 aromatic heterocycles. The summed E-state index contributed by atoms with van der Waals surface area (Å²) in [5.74, 6) is -0.272. The van der Waals surface area contributed by atoms with Crippen molar-refractivity contribution >= 4 is 69.0 Å². The molecule has 4 aromatic carbocycles. The zero-order valence-electron chi connectivity index (χ0n) is 25.1. The number of benzene rings is 4. The number of carbonyl (C=O) groups excluding carboxylic acids is 2. The van der Waals surface area contributed by atoms with E-state index in [1.165, 1.54) is 35.2 Å². The van der Waals surface area contributed by atoms with Gasteiger partial charge < -0.3 is 10.6 Å². The van der Waals surface area contributed by atoms with E-state index >= 15 is 0 Å². The number of hydrogen-bond acceptors (Lipinski definition) is 8. The smallest absolute Gasteiger partial charge is 0.307 e. The molecule has 0 radical (unpaired) electrons. The van der Waals surface area contributed by atoms with Gasteiger partial charge in [0.2, 0.25) is 5.91 Å². The molecule has 238 valence electrons. The number of aromatic nitrogens is 1. The molecule has 3 amide bonds. The third-order valence-corrected chi connectivity index (χ3v) is 11.0. The topological polar surface area (TPSA) is 117 Å². The van der Waals surface area contributed by atoms with Crippen molar-refractivity contribution in [3.8, 4) is 11.3 Å². The summed E-state index contributed by atoms with van der Waals surface area (Å²) in [5, 5.41) is 18.9. The number of hydrogen-bond donors (Lipinski definition) is 2. The molecule has 3 atom stereocenters. The average molecular weight is 690 g/mol. The van der Waals surface area contributed by atoms with Crippen molar-refractivity contribution in [2.45, 2.75) is 26.3 Å². The summed E-state index contributed by atoms with van der Waals surface area (Å²) in [6.45, 7) is 0. The minimum Gasteiger partial charge on any atom is -0.307 e. The van der Waals surface area contributed by atoms with Gasteiger partial charge in [0.05, 0.1) is 27.6 Å². The van der Waals surface area contributed by atoms with Gasteiger partial charge in [0, 0.05) is 38.6 Å². The molecule has 2 aliphatic rings. The molecular formula is C36H27N5O4S3. The summed E-state index contributed by atoms with van der Waals surface area (Å²) >= 11 is 4.36. The van der Waals surface area contributed by atoms with Gasteiger partial charge in [-0.25, -0.2) is 9.78 Å². The van der Waals surface area contributed by atoms with Crippen LogP contribution in [0, 0.1) is 10.1 Å². The van der Waals surface area contributed by atoms with Crippen molar-refractivity contribution in [2.75, 3.05) is 15.5 Å². The number of para-hydroxylation sites is 1. The minimum atomic E-state index is -0.631. The maximum atomic E-state index is 13.8. The highest BCUT2D eigenvalue weighted by molar-refractivity contribution is 8.00. The fourth-order valence-corrected chi connectivity index (χ4v) is 8.57. The van der Waals surface area contributed by atoms with Gasteiger partial charge in [-0.3, -0.25) is 19.8 Å². The number of nitro groups is 1. The molecule has 0 bridgehead atoms. The number of rotatable bonds is 8. The quantitative estimate of drug-likeness (QED) is 0.0948. The zero-order valence-corrected chi connectivity index (χ0v) is 27.6. The van der Waals surface area contributed by atoms with Gasteiger partial charge in [-0.2, -0.15) is 0 Å². The van der Waals surface area contributed by atoms with E-state index < -0.39 is 10.2 Å². The van der Waals surface area contributed by atoms with E-state index in [4.69, 9.17) is 0 Å². The summed E-state index contributed by atoms with van der Waals surface area (Å²) in [5.41, 5.74) is 3.37. The Balaban J connectivity index is 1.10. The number of non-ortho nitro benzene ring substituents is 1. The van der Waals surface area contributed by atoms with Crippen LogP contribution in [0.2, 0.25) is 0 Å². The number of thioether (sulfide) groups is 2. The van der Waals surface area contributed by atoms with Crippen molar-refractivity contribution in [1.29, 1.82) is 0 Å². The highest BCUT2D eigenvalue weighted by Gasteiger charge is 2.36. The fraction of sp³-hybridized carbons (Fsp3) is 0.0833. The maximum absolute atomic E-state index is 13.8. The van der Waals surface area contributed by atoms with Crippen LogP contribution in [0.4, 0.5) is 27.0 Å². The van der Waals surface area contributed by atoms with Crippen LogP contribution in [-0.4, -0.2) is 33.1 Å². The van der Waals surface area contributed by atoms with Crippen molar-refractivity contribution < 1.29 is 14.5 Å². The molecule has 2 N–H and O–H groups in total. The van der Waals surface area contributed by atoms with E-state index in [2.05, 4.69) is 27.8 Å². The van der Waals surface area contributed by atoms with Crippen LogP contribution in [0.15, 0.2) is 143 Å². The van der Waals surface area contributed by atoms with Gasteiger partial charge in [0.15, 0.2) is 5.13 Å². The van der Waals surface area contributed by atoms with Crippen LogP contribution in [0.3, 0.4) is 0 Å². The van der Waals surface area contributed by atoms with E-state index in [0.717, 1.165) is 21.0 Å². The fourth-order valence-electron chi connectivity index (χ4n) is 5.51. The van der Waals surface area contributed by atoms with E-state index in [1.807, 2.05) is 95.9 Å². The molecule has 0 saturated heterocycles. The van der Waals surface area contributed by atoms with Crippen molar-refractivity contribution in [3.63, 3.8) is 0 Å². The number of urea groups is 1. The summed E-state index contributed by atoms with van der Waals surface area (Å²) in [7, 11) is 0. The third kappa shape index (κ3) is 6.77. The van der Waals surface area contributed by atoms with E-state index in [0.29, 0.717) is 22.1 Å². The molecule has 48 heavy (non-hydrogen) atoms. The lowest BCUT2D eigenvalue weighted by atomic mass is 10.1. The predicted molar refractivity (Wildman–Crippen MR) is 194 cm³/mol. The van der Waals surface area contributed by atoms with E-state index in [9.17, 15) is 19.7 Å². The number of thiazole rings is 1. The van der Waals surface area contributed by atoms with Gasteiger partial charge in [-0.1, -0.05) is 85.0 Å². The first-order valence-electron chi connectivity index (χ1n) is 15.0. The molecule has 7 rings (SSSR count). The monoisotopic (exact) mass is 689 g/mol. The van der Waals surface area contributed by atoms with E-state index in [-0.39, 0.29) is 28.9 Å². The first kappa shape index (κ1) is 31.4. The third-order valence-electron chi connectivity index (χ3n) is 7.73. The molecule has 3 unspecified atom stereocenters. The molecule has 0 fully saturated rings. The Morgan fingerprint density at radius 3 is 2.54 bits per heavy atom. The first-order valence-corrected chi connectivity index (χ1v) is 17.6. The predicted octanol–water partition coefficient (Wildman–Crippen LogP) is 9.20. The zero-order chi connectivity index (χ0) is 33.0. The molecule has 0 spiro atoms. The molecule has 5 aromatic rings. The van der Waals surface area contributed by atoms with Crippen LogP contribution in [-0.2, 0) is 4.79 Å². The highest BCUT2D eigenvalue weighted by atomic mass is 32.2. The van der Waals surface area contributed by atoms with Crippen LogP contribution in [0.5, 0.6) is 0 Å². The van der Waals surface area contributed by atoms with Gasteiger partial charge in [0.25, 0.3) is 5.69 Å². The maximum Gasteiger partial charge on any atom is 0.326 e. The lowest BCUT2D eigenvalue weighted by molar-refractivity contribution is -0.384. The Kier molecular flexibility index (Phi) is 9.10. The van der Waals surface area contributed by atoms with Crippen molar-refractivity contribution in [3.05, 3.63) is 148 Å². The summed E-state index contributed by atoms with van der Waals surface area (Å²) < 4.78 is 0. The number of nitro benzene ring substituents is 1. The number of allylic oxidation sites excluding steroid dienone is 2. The Labute approximate surface area is 288 Å². The Morgan fingerprint density at radius 1 is 0.896 bits per heavy atom. The number of carbonyl (C=O) groups is 2. The van der Waals surface area contributed by atoms with Gasteiger partial charge in [-0.15, -0.1) is 34.9 Å². The average Bonchev–Trinajstić information content (AvgIpc) is 3.58. The molecule has 2 heterocycles. The number of amides is 3. The summed E-state index contributed by atoms with van der Waals surface area (Å²) in [6.07, 6.45) is 8.17. The Morgan fingerprint density at radius 2 is 1.69 bits per heavy atom. The van der Waals surface area contributed by atoms with Crippen LogP contribution >= 0.6 is 34.9 Å². The normalized spacial score (nSPS) is 16.8. The van der Waals surface area contributed by atoms with Gasteiger partial charge in [-0.05, 0) is 35.9 Å². The van der Waals surface area contributed by atoms with Crippen LogP contribution in [0.1, 0.15) is 10.8 Å². The second-order valence-electron chi connectivity index (χ2n) is 10.9. The lowest BCUT2D eigenvalue weighted by Gasteiger charge is -2.40. The van der Waals surface area contributed by atoms with Crippen molar-refractivity contribution in [1.82, 2.24) is 4.98 Å². The van der Waals surface area contributed by atoms with Gasteiger partial charge in [0.1, 0.15) is 5.25 Å². The summed E-state index contributed by atoms with van der Waals surface area (Å²) in [4.78, 5) is 46.6. The van der Waals surface area contributed by atoms with Crippen LogP contribution < -0.4 is 15.5 Å². The number of nitrogens with one attached hydrogen (secondary N) is 2. The summed E-state index contributed by atoms with van der Waals surface area (Å²) in [6, 6.07) is 30.7. The largest absolute Gasteiger partial charge is 0.326 e. The highest BCUT2D eigenvalue weighted by Crippen LogP contribution is 2.44. The standard InChI is InChI=1S/C36H27N5O4S3/c42-34(39-35-38-28(22-46-35)24-12-8-14-26(20-24)41(44)45)33(23-10-2-1-3-11-23)47-27-15-9-13-25(21-27)37-36(43)40-29-16-4-6-18-31(29)48-32-19-7-5-17-30(32)40/h1-22,29,31,33H,(H,37,43)(H,38,39,42). The second-order valence-corrected chi connectivity index (χ2v) is 14.1. The number of anilines is 3. The minimum absolute atomic E-state index is 0.0306. The molecule has 9 nitrogen and oxygen atoms in total. The Bertz CT molecular complexity index is 2070. The number of fused-ring (bicyclic) bond motifs is 2. The van der Waals surface area contributed by atoms with Gasteiger partial charge >= 0.3 is 6.03 Å². The molecule has 1 aliphatic heterocycles. The van der Waals surface area contributed by atoms with E-state index in [1.54, 1.807) is 29.3 Å². The first-order chi connectivity index (χ1) is 23.4. The second kappa shape index (κ2) is 13.9. The lowest BCUT2D eigenvalue weighted by Crippen LogP contribution is -2.49. The molecule has 12 heteroatoms. The SMILES string of the molecule is O=C(Nc1nc(-c2cccc([N+](=O)[O-])c2)cs1)C(Sc1cccc(NC(=O)N2c3ccccc3SC3C=CC=CC32)c1)c1ccccc1. The molecule has 1 aliphatic carbocycles. The Hall–Kier alpha value is -5.17.